The zero-order chi connectivity index (χ0) is 8.10. The Morgan fingerprint density at radius 2 is 2.36 bits per heavy atom. The first-order chi connectivity index (χ1) is 5.33. The van der Waals surface area contributed by atoms with Crippen LogP contribution < -0.4 is 5.73 Å². The van der Waals surface area contributed by atoms with Crippen molar-refractivity contribution in [2.45, 2.75) is 12.5 Å². The third-order valence-electron chi connectivity index (χ3n) is 1.74. The van der Waals surface area contributed by atoms with E-state index in [4.69, 9.17) is 15.2 Å². The Balaban J connectivity index is 2.05. The molecule has 0 aromatic heterocycles. The standard InChI is InChI=1S/C8H15NO2/c1-10-6-11-5-7-2-3-8(9)4-7/h2-3,7-8H,4-6,9H2,1H3. The third kappa shape index (κ3) is 3.01. The molecule has 11 heavy (non-hydrogen) atoms. The summed E-state index contributed by atoms with van der Waals surface area (Å²) in [6.07, 6.45) is 5.14. The van der Waals surface area contributed by atoms with Crippen molar-refractivity contribution in [3.63, 3.8) is 0 Å². The average Bonchev–Trinajstić information content (AvgIpc) is 2.37. The molecule has 64 valence electrons. The summed E-state index contributed by atoms with van der Waals surface area (Å²) in [7, 11) is 1.62. The first-order valence-electron chi connectivity index (χ1n) is 3.83. The minimum absolute atomic E-state index is 0.228. The molecule has 0 spiro atoms. The summed E-state index contributed by atoms with van der Waals surface area (Å²) in [5.41, 5.74) is 5.66. The Morgan fingerprint density at radius 3 is 2.91 bits per heavy atom. The number of nitrogens with two attached hydrogens (primary N) is 1. The number of hydrogen-bond acceptors (Lipinski definition) is 3. The second-order valence-corrected chi connectivity index (χ2v) is 2.82. The van der Waals surface area contributed by atoms with E-state index in [2.05, 4.69) is 6.08 Å². The predicted molar refractivity (Wildman–Crippen MR) is 43.1 cm³/mol. The van der Waals surface area contributed by atoms with Gasteiger partial charge in [-0.15, -0.1) is 0 Å². The highest BCUT2D eigenvalue weighted by Gasteiger charge is 2.14. The van der Waals surface area contributed by atoms with E-state index in [0.29, 0.717) is 12.7 Å². The van der Waals surface area contributed by atoms with Gasteiger partial charge in [0, 0.05) is 19.1 Å². The molecule has 0 bridgehead atoms. The fourth-order valence-corrected chi connectivity index (χ4v) is 1.21. The lowest BCUT2D eigenvalue weighted by molar-refractivity contribution is -0.0388. The van der Waals surface area contributed by atoms with E-state index in [0.717, 1.165) is 13.0 Å². The number of rotatable bonds is 4. The predicted octanol–water partition coefficient (Wildman–Crippen LogP) is 0.510. The molecule has 0 saturated heterocycles. The van der Waals surface area contributed by atoms with Crippen molar-refractivity contribution < 1.29 is 9.47 Å². The highest BCUT2D eigenvalue weighted by molar-refractivity contribution is 5.04. The van der Waals surface area contributed by atoms with E-state index in [1.165, 1.54) is 0 Å². The minimum Gasteiger partial charge on any atom is -0.359 e. The zero-order valence-electron chi connectivity index (χ0n) is 6.82. The Labute approximate surface area is 67.2 Å². The maximum Gasteiger partial charge on any atom is 0.146 e. The molecule has 2 N–H and O–H groups in total. The molecule has 1 aliphatic rings. The van der Waals surface area contributed by atoms with Gasteiger partial charge in [-0.05, 0) is 6.42 Å². The van der Waals surface area contributed by atoms with Crippen molar-refractivity contribution in [1.82, 2.24) is 0 Å². The van der Waals surface area contributed by atoms with Gasteiger partial charge in [-0.2, -0.15) is 0 Å². The van der Waals surface area contributed by atoms with Crippen LogP contribution in [0.5, 0.6) is 0 Å². The molecule has 2 unspecified atom stereocenters. The molecular weight excluding hydrogens is 142 g/mol. The molecule has 0 fully saturated rings. The summed E-state index contributed by atoms with van der Waals surface area (Å²) in [5.74, 6) is 0.486. The van der Waals surface area contributed by atoms with Gasteiger partial charge in [0.1, 0.15) is 6.79 Å². The van der Waals surface area contributed by atoms with Gasteiger partial charge in [0.25, 0.3) is 0 Å². The Kier molecular flexibility index (Phi) is 3.56. The second kappa shape index (κ2) is 4.49. The molecular formula is C8H15NO2. The molecule has 3 heteroatoms. The van der Waals surface area contributed by atoms with Crippen molar-refractivity contribution >= 4 is 0 Å². The van der Waals surface area contributed by atoms with Crippen LogP contribution in [0.25, 0.3) is 0 Å². The topological polar surface area (TPSA) is 44.5 Å². The summed E-state index contributed by atoms with van der Waals surface area (Å²) >= 11 is 0. The van der Waals surface area contributed by atoms with E-state index >= 15 is 0 Å². The van der Waals surface area contributed by atoms with Gasteiger partial charge in [-0.3, -0.25) is 0 Å². The molecule has 0 aliphatic heterocycles. The molecule has 1 aliphatic carbocycles. The summed E-state index contributed by atoms with van der Waals surface area (Å²) < 4.78 is 9.94. The lowest BCUT2D eigenvalue weighted by atomic mass is 10.1. The SMILES string of the molecule is COCOCC1C=CC(N)C1. The van der Waals surface area contributed by atoms with Crippen molar-refractivity contribution in [2.75, 3.05) is 20.5 Å². The summed E-state index contributed by atoms with van der Waals surface area (Å²) in [5, 5.41) is 0. The Morgan fingerprint density at radius 1 is 1.55 bits per heavy atom. The van der Waals surface area contributed by atoms with Crippen LogP contribution in [-0.4, -0.2) is 26.6 Å². The van der Waals surface area contributed by atoms with E-state index < -0.39 is 0 Å². The minimum atomic E-state index is 0.228. The molecule has 0 amide bonds. The van der Waals surface area contributed by atoms with E-state index in [-0.39, 0.29) is 6.04 Å². The first kappa shape index (κ1) is 8.71. The van der Waals surface area contributed by atoms with Crippen LogP contribution in [0.15, 0.2) is 12.2 Å². The lowest BCUT2D eigenvalue weighted by Crippen LogP contribution is -2.17. The third-order valence-corrected chi connectivity index (χ3v) is 1.74. The molecule has 2 atom stereocenters. The van der Waals surface area contributed by atoms with Crippen LogP contribution in [0.1, 0.15) is 6.42 Å². The molecule has 0 aromatic rings. The van der Waals surface area contributed by atoms with E-state index in [1.54, 1.807) is 7.11 Å². The number of hydrogen-bond donors (Lipinski definition) is 1. The maximum atomic E-state index is 5.66. The highest BCUT2D eigenvalue weighted by Crippen LogP contribution is 2.16. The van der Waals surface area contributed by atoms with Crippen LogP contribution in [-0.2, 0) is 9.47 Å². The lowest BCUT2D eigenvalue weighted by Gasteiger charge is -2.08. The smallest absolute Gasteiger partial charge is 0.146 e. The number of ether oxygens (including phenoxy) is 2. The van der Waals surface area contributed by atoms with E-state index in [9.17, 15) is 0 Å². The van der Waals surface area contributed by atoms with Crippen LogP contribution in [0.4, 0.5) is 0 Å². The van der Waals surface area contributed by atoms with Gasteiger partial charge in [-0.25, -0.2) is 0 Å². The van der Waals surface area contributed by atoms with Crippen molar-refractivity contribution in [3.8, 4) is 0 Å². The van der Waals surface area contributed by atoms with Gasteiger partial charge < -0.3 is 15.2 Å². The normalized spacial score (nSPS) is 29.6. The average molecular weight is 157 g/mol. The highest BCUT2D eigenvalue weighted by atomic mass is 16.7. The zero-order valence-corrected chi connectivity index (χ0v) is 6.82. The van der Waals surface area contributed by atoms with Gasteiger partial charge in [0.05, 0.1) is 6.61 Å². The van der Waals surface area contributed by atoms with Crippen molar-refractivity contribution in [3.05, 3.63) is 12.2 Å². The Hall–Kier alpha value is -0.380. The van der Waals surface area contributed by atoms with Crippen LogP contribution >= 0.6 is 0 Å². The molecule has 0 saturated carbocycles. The maximum absolute atomic E-state index is 5.66. The van der Waals surface area contributed by atoms with Crippen LogP contribution in [0, 0.1) is 5.92 Å². The number of methoxy groups -OCH3 is 1. The fourth-order valence-electron chi connectivity index (χ4n) is 1.21. The molecule has 0 radical (unpaired) electrons. The molecule has 0 heterocycles. The summed E-state index contributed by atoms with van der Waals surface area (Å²) in [6.45, 7) is 1.09. The quantitative estimate of drug-likeness (QED) is 0.367. The van der Waals surface area contributed by atoms with E-state index in [1.807, 2.05) is 6.08 Å². The molecule has 0 aromatic carbocycles. The summed E-state index contributed by atoms with van der Waals surface area (Å²) in [6, 6.07) is 0.228. The van der Waals surface area contributed by atoms with Gasteiger partial charge in [0.2, 0.25) is 0 Å². The summed E-state index contributed by atoms with van der Waals surface area (Å²) in [4.78, 5) is 0. The van der Waals surface area contributed by atoms with Gasteiger partial charge >= 0.3 is 0 Å². The second-order valence-electron chi connectivity index (χ2n) is 2.82. The van der Waals surface area contributed by atoms with Crippen molar-refractivity contribution in [2.24, 2.45) is 11.7 Å². The monoisotopic (exact) mass is 157 g/mol. The van der Waals surface area contributed by atoms with Gasteiger partial charge in [0.15, 0.2) is 0 Å². The van der Waals surface area contributed by atoms with Crippen LogP contribution in [0.2, 0.25) is 0 Å². The molecule has 3 nitrogen and oxygen atoms in total. The largest absolute Gasteiger partial charge is 0.359 e. The molecule has 1 rings (SSSR count). The van der Waals surface area contributed by atoms with Crippen LogP contribution in [0.3, 0.4) is 0 Å². The first-order valence-corrected chi connectivity index (χ1v) is 3.83. The fraction of sp³-hybridized carbons (Fsp3) is 0.750. The van der Waals surface area contributed by atoms with Gasteiger partial charge in [-0.1, -0.05) is 12.2 Å². The van der Waals surface area contributed by atoms with Crippen molar-refractivity contribution in [1.29, 1.82) is 0 Å². The Bertz CT molecular complexity index is 136.